The molecule has 8 nitrogen and oxygen atoms in total. The lowest BCUT2D eigenvalue weighted by molar-refractivity contribution is -0.385. The summed E-state index contributed by atoms with van der Waals surface area (Å²) < 4.78 is 0.241. The molecule has 0 saturated carbocycles. The zero-order valence-corrected chi connectivity index (χ0v) is 18.2. The van der Waals surface area contributed by atoms with E-state index in [2.05, 4.69) is 25.8 Å². The minimum Gasteiger partial charge on any atom is -0.506 e. The van der Waals surface area contributed by atoms with E-state index in [1.807, 2.05) is 36.1 Å². The Balaban J connectivity index is 1.66. The van der Waals surface area contributed by atoms with Crippen molar-refractivity contribution >= 4 is 45.1 Å². The van der Waals surface area contributed by atoms with Gasteiger partial charge in [-0.3, -0.25) is 19.9 Å². The molecular formula is C21H23BrN4O4. The Hall–Kier alpha value is -2.94. The third kappa shape index (κ3) is 5.15. The van der Waals surface area contributed by atoms with Gasteiger partial charge in [0, 0.05) is 62.2 Å². The molecule has 30 heavy (non-hydrogen) atoms. The fourth-order valence-electron chi connectivity index (χ4n) is 3.29. The summed E-state index contributed by atoms with van der Waals surface area (Å²) >= 11 is 3.12. The van der Waals surface area contributed by atoms with Gasteiger partial charge >= 0.3 is 0 Å². The number of anilines is 1. The number of nitro benzene ring substituents is 1. The van der Waals surface area contributed by atoms with Crippen molar-refractivity contribution in [3.63, 3.8) is 0 Å². The Labute approximate surface area is 183 Å². The molecule has 2 aromatic rings. The standard InChI is InChI=1S/C21H23BrN4O4/c1-2-3-20(27)25-10-8-24(9-11-25)17-6-4-16(5-7-17)23-14-15-12-18(26(29)30)13-19(22)21(15)28/h4-7,12-14,28H,2-3,8-11H2,1H3. The summed E-state index contributed by atoms with van der Waals surface area (Å²) in [6.07, 6.45) is 2.87. The molecule has 1 saturated heterocycles. The maximum atomic E-state index is 12.0. The number of non-ortho nitro benzene ring substituents is 1. The highest BCUT2D eigenvalue weighted by Gasteiger charge is 2.20. The Kier molecular flexibility index (Phi) is 7.04. The predicted molar refractivity (Wildman–Crippen MR) is 120 cm³/mol. The third-order valence-electron chi connectivity index (χ3n) is 4.95. The van der Waals surface area contributed by atoms with Crippen LogP contribution in [0.1, 0.15) is 25.3 Å². The molecule has 0 radical (unpaired) electrons. The number of hydrogen-bond acceptors (Lipinski definition) is 6. The summed E-state index contributed by atoms with van der Waals surface area (Å²) in [7, 11) is 0. The van der Waals surface area contributed by atoms with Crippen LogP contribution < -0.4 is 4.90 Å². The summed E-state index contributed by atoms with van der Waals surface area (Å²) in [5, 5.41) is 21.1. The normalized spacial score (nSPS) is 14.3. The average Bonchev–Trinajstić information content (AvgIpc) is 2.75. The Morgan fingerprint density at radius 2 is 1.90 bits per heavy atom. The number of carbonyl (C=O) groups excluding carboxylic acids is 1. The first kappa shape index (κ1) is 21.8. The summed E-state index contributed by atoms with van der Waals surface area (Å²) in [4.78, 5) is 31.0. The van der Waals surface area contributed by atoms with Gasteiger partial charge in [-0.1, -0.05) is 6.92 Å². The predicted octanol–water partition coefficient (Wildman–Crippen LogP) is 4.26. The molecule has 9 heteroatoms. The van der Waals surface area contributed by atoms with Crippen molar-refractivity contribution in [1.82, 2.24) is 4.90 Å². The van der Waals surface area contributed by atoms with Crippen molar-refractivity contribution in [3.8, 4) is 5.75 Å². The van der Waals surface area contributed by atoms with E-state index in [0.29, 0.717) is 12.1 Å². The molecule has 2 aromatic carbocycles. The van der Waals surface area contributed by atoms with Gasteiger partial charge in [0.15, 0.2) is 0 Å². The van der Waals surface area contributed by atoms with Crippen LogP contribution in [0.5, 0.6) is 5.75 Å². The number of carbonyl (C=O) groups is 1. The highest BCUT2D eigenvalue weighted by molar-refractivity contribution is 9.10. The first-order chi connectivity index (χ1) is 14.4. The summed E-state index contributed by atoms with van der Waals surface area (Å²) in [6.45, 7) is 5.03. The molecule has 1 heterocycles. The molecule has 0 unspecified atom stereocenters. The molecule has 1 fully saturated rings. The van der Waals surface area contributed by atoms with Gasteiger partial charge in [0.25, 0.3) is 5.69 Å². The van der Waals surface area contributed by atoms with Crippen LogP contribution in [0.4, 0.5) is 17.1 Å². The molecule has 0 atom stereocenters. The first-order valence-corrected chi connectivity index (χ1v) is 10.5. The van der Waals surface area contributed by atoms with Crippen molar-refractivity contribution in [3.05, 3.63) is 56.5 Å². The third-order valence-corrected chi connectivity index (χ3v) is 5.56. The Bertz CT molecular complexity index is 954. The van der Waals surface area contributed by atoms with Crippen LogP contribution in [0.15, 0.2) is 45.9 Å². The number of benzene rings is 2. The topological polar surface area (TPSA) is 99.3 Å². The summed E-state index contributed by atoms with van der Waals surface area (Å²) in [6, 6.07) is 10.1. The number of phenols is 1. The lowest BCUT2D eigenvalue weighted by Gasteiger charge is -2.36. The zero-order chi connectivity index (χ0) is 21.7. The molecule has 158 valence electrons. The fourth-order valence-corrected chi connectivity index (χ4v) is 3.75. The largest absolute Gasteiger partial charge is 0.506 e. The second-order valence-corrected chi connectivity index (χ2v) is 7.87. The number of hydrogen-bond donors (Lipinski definition) is 1. The van der Waals surface area contributed by atoms with E-state index in [1.54, 1.807) is 0 Å². The van der Waals surface area contributed by atoms with Crippen LogP contribution in [0.25, 0.3) is 0 Å². The van der Waals surface area contributed by atoms with Crippen LogP contribution in [-0.2, 0) is 4.79 Å². The molecule has 0 bridgehead atoms. The van der Waals surface area contributed by atoms with Crippen LogP contribution in [-0.4, -0.2) is 53.2 Å². The van der Waals surface area contributed by atoms with Gasteiger partial charge in [-0.2, -0.15) is 0 Å². The van der Waals surface area contributed by atoms with Gasteiger partial charge in [-0.05, 0) is 46.6 Å². The number of halogens is 1. The van der Waals surface area contributed by atoms with Crippen LogP contribution in [0.3, 0.4) is 0 Å². The van der Waals surface area contributed by atoms with E-state index < -0.39 is 4.92 Å². The minimum atomic E-state index is -0.522. The Morgan fingerprint density at radius 3 is 2.50 bits per heavy atom. The number of aromatic hydroxyl groups is 1. The number of aliphatic imine (C=N–C) groups is 1. The zero-order valence-electron chi connectivity index (χ0n) is 16.6. The molecule has 0 spiro atoms. The number of phenolic OH excluding ortho intramolecular Hbond substituents is 1. The maximum absolute atomic E-state index is 12.0. The molecule has 1 aliphatic heterocycles. The highest BCUT2D eigenvalue weighted by atomic mass is 79.9. The van der Waals surface area contributed by atoms with Gasteiger partial charge in [-0.15, -0.1) is 0 Å². The van der Waals surface area contributed by atoms with Gasteiger partial charge in [0.1, 0.15) is 5.75 Å². The monoisotopic (exact) mass is 474 g/mol. The van der Waals surface area contributed by atoms with E-state index in [0.717, 1.165) is 38.3 Å². The second kappa shape index (κ2) is 9.71. The van der Waals surface area contributed by atoms with Gasteiger partial charge in [0.05, 0.1) is 15.1 Å². The molecular weight excluding hydrogens is 452 g/mol. The highest BCUT2D eigenvalue weighted by Crippen LogP contribution is 2.32. The smallest absolute Gasteiger partial charge is 0.271 e. The second-order valence-electron chi connectivity index (χ2n) is 7.01. The number of amides is 1. The van der Waals surface area contributed by atoms with Crippen molar-refractivity contribution in [2.45, 2.75) is 19.8 Å². The van der Waals surface area contributed by atoms with Crippen molar-refractivity contribution in [2.24, 2.45) is 4.99 Å². The lowest BCUT2D eigenvalue weighted by atomic mass is 10.2. The molecule has 1 aliphatic rings. The van der Waals surface area contributed by atoms with Gasteiger partial charge < -0.3 is 14.9 Å². The molecule has 0 aliphatic carbocycles. The molecule has 0 aromatic heterocycles. The van der Waals surface area contributed by atoms with Crippen LogP contribution in [0.2, 0.25) is 0 Å². The van der Waals surface area contributed by atoms with E-state index in [9.17, 15) is 20.0 Å². The molecule has 1 N–H and O–H groups in total. The number of nitrogens with zero attached hydrogens (tertiary/aromatic N) is 4. The van der Waals surface area contributed by atoms with E-state index in [4.69, 9.17) is 0 Å². The SMILES string of the molecule is CCCC(=O)N1CCN(c2ccc(N=Cc3cc([N+](=O)[O-])cc(Br)c3O)cc2)CC1. The van der Waals surface area contributed by atoms with Crippen molar-refractivity contribution in [2.75, 3.05) is 31.1 Å². The van der Waals surface area contributed by atoms with Gasteiger partial charge in [0.2, 0.25) is 5.91 Å². The maximum Gasteiger partial charge on any atom is 0.271 e. The number of rotatable bonds is 6. The van der Waals surface area contributed by atoms with Crippen LogP contribution >= 0.6 is 15.9 Å². The lowest BCUT2D eigenvalue weighted by Crippen LogP contribution is -2.48. The van der Waals surface area contributed by atoms with E-state index in [-0.39, 0.29) is 27.4 Å². The van der Waals surface area contributed by atoms with Crippen LogP contribution in [0, 0.1) is 10.1 Å². The fraction of sp³-hybridized carbons (Fsp3) is 0.333. The van der Waals surface area contributed by atoms with E-state index >= 15 is 0 Å². The number of piperazine rings is 1. The quantitative estimate of drug-likeness (QED) is 0.382. The first-order valence-electron chi connectivity index (χ1n) is 9.72. The molecule has 1 amide bonds. The Morgan fingerprint density at radius 1 is 1.23 bits per heavy atom. The summed E-state index contributed by atoms with van der Waals surface area (Å²) in [5.74, 6) is 0.120. The van der Waals surface area contributed by atoms with E-state index in [1.165, 1.54) is 18.3 Å². The van der Waals surface area contributed by atoms with Crippen molar-refractivity contribution in [1.29, 1.82) is 0 Å². The number of nitro groups is 1. The minimum absolute atomic E-state index is 0.100. The molecule has 3 rings (SSSR count). The average molecular weight is 475 g/mol. The van der Waals surface area contributed by atoms with Crippen molar-refractivity contribution < 1.29 is 14.8 Å². The summed E-state index contributed by atoms with van der Waals surface area (Å²) in [5.41, 5.74) is 1.84. The van der Waals surface area contributed by atoms with Gasteiger partial charge in [-0.25, -0.2) is 0 Å².